The van der Waals surface area contributed by atoms with Crippen molar-refractivity contribution in [2.75, 3.05) is 5.32 Å². The van der Waals surface area contributed by atoms with E-state index in [-0.39, 0.29) is 12.3 Å². The third kappa shape index (κ3) is 4.93. The first-order valence-corrected chi connectivity index (χ1v) is 10.9. The summed E-state index contributed by atoms with van der Waals surface area (Å²) in [6.07, 6.45) is 0. The van der Waals surface area contributed by atoms with Crippen molar-refractivity contribution in [1.29, 1.82) is 0 Å². The molecule has 8 heteroatoms. The lowest BCUT2D eigenvalue weighted by Crippen LogP contribution is -2.16. The van der Waals surface area contributed by atoms with Crippen molar-refractivity contribution in [3.05, 3.63) is 93.0 Å². The Kier molecular flexibility index (Phi) is 6.51. The summed E-state index contributed by atoms with van der Waals surface area (Å²) < 4.78 is 13.0. The second kappa shape index (κ2) is 9.50. The van der Waals surface area contributed by atoms with Gasteiger partial charge in [-0.1, -0.05) is 47.1 Å². The Labute approximate surface area is 197 Å². The van der Waals surface area contributed by atoms with Crippen LogP contribution in [0.4, 0.5) is 5.82 Å². The van der Waals surface area contributed by atoms with E-state index < -0.39 is 5.91 Å². The third-order valence-corrected chi connectivity index (χ3v) is 6.00. The van der Waals surface area contributed by atoms with Gasteiger partial charge in [0, 0.05) is 16.8 Å². The molecule has 4 rings (SSSR count). The molecule has 1 amide bonds. The molecule has 0 unspecified atom stereocenters. The topological polar surface area (TPSA) is 82.2 Å². The zero-order valence-corrected chi connectivity index (χ0v) is 19.7. The Morgan fingerprint density at radius 1 is 1.12 bits per heavy atom. The van der Waals surface area contributed by atoms with Gasteiger partial charge in [0.15, 0.2) is 11.5 Å². The predicted molar refractivity (Wildman–Crippen MR) is 127 cm³/mol. The average Bonchev–Trinajstić information content (AvgIpc) is 3.32. The number of carbonyl (C=O) groups excluding carboxylic acids is 1. The first-order valence-electron chi connectivity index (χ1n) is 10.6. The zero-order chi connectivity index (χ0) is 23.5. The molecule has 1 N–H and O–H groups in total. The summed E-state index contributed by atoms with van der Waals surface area (Å²) in [4.78, 5) is 13.0. The summed E-state index contributed by atoms with van der Waals surface area (Å²) in [6, 6.07) is 15.3. The van der Waals surface area contributed by atoms with Gasteiger partial charge in [-0.15, -0.1) is 0 Å². The number of carbonyl (C=O) groups is 1. The molecule has 2 heterocycles. The van der Waals surface area contributed by atoms with Crippen LogP contribution in [0.5, 0.6) is 5.75 Å². The molecule has 0 aliphatic carbocycles. The molecule has 0 saturated heterocycles. The maximum absolute atomic E-state index is 13.0. The summed E-state index contributed by atoms with van der Waals surface area (Å²) in [5, 5.41) is 11.9. The lowest BCUT2D eigenvalue weighted by Gasteiger charge is -2.11. The van der Waals surface area contributed by atoms with Crippen LogP contribution in [-0.2, 0) is 13.2 Å². The van der Waals surface area contributed by atoms with Crippen molar-refractivity contribution in [3.63, 3.8) is 0 Å². The van der Waals surface area contributed by atoms with E-state index in [9.17, 15) is 4.79 Å². The number of aryl methyl sites for hydroxylation is 3. The molecule has 0 bridgehead atoms. The molecule has 7 nitrogen and oxygen atoms in total. The van der Waals surface area contributed by atoms with Gasteiger partial charge in [-0.3, -0.25) is 9.48 Å². The average molecular weight is 465 g/mol. The molecule has 0 spiro atoms. The van der Waals surface area contributed by atoms with Crippen LogP contribution >= 0.6 is 11.6 Å². The van der Waals surface area contributed by atoms with E-state index >= 15 is 0 Å². The van der Waals surface area contributed by atoms with Gasteiger partial charge >= 0.3 is 0 Å². The fourth-order valence-electron chi connectivity index (χ4n) is 3.46. The van der Waals surface area contributed by atoms with Crippen molar-refractivity contribution in [3.8, 4) is 5.75 Å². The van der Waals surface area contributed by atoms with Gasteiger partial charge < -0.3 is 14.6 Å². The normalized spacial score (nSPS) is 10.9. The Hall–Kier alpha value is -3.58. The first kappa shape index (κ1) is 22.6. The second-order valence-corrected chi connectivity index (χ2v) is 8.33. The quantitative estimate of drug-likeness (QED) is 0.383. The Bertz CT molecular complexity index is 1310. The number of nitrogens with one attached hydrogen (secondary N) is 1. The number of aromatic nitrogens is 3. The molecular weight excluding hydrogens is 440 g/mol. The number of rotatable bonds is 7. The maximum Gasteiger partial charge on any atom is 0.279 e. The van der Waals surface area contributed by atoms with Crippen LogP contribution in [0.15, 0.2) is 53.1 Å². The maximum atomic E-state index is 13.0. The minimum atomic E-state index is -0.409. The van der Waals surface area contributed by atoms with Gasteiger partial charge in [0.1, 0.15) is 18.1 Å². The molecule has 0 radical (unpaired) electrons. The van der Waals surface area contributed by atoms with Gasteiger partial charge in [0.2, 0.25) is 0 Å². The highest BCUT2D eigenvalue weighted by Crippen LogP contribution is 2.24. The highest BCUT2D eigenvalue weighted by molar-refractivity contribution is 6.31. The standard InChI is InChI=1S/C25H25ClN4O3/c1-15-8-7-11-22(17(15)3)32-14-20-18(4)33-29-24(20)25(31)27-23-12-16(2)30(28-23)13-19-9-5-6-10-21(19)26/h5-12H,13-14H2,1-4H3,(H,27,28,31). The Morgan fingerprint density at radius 3 is 2.70 bits per heavy atom. The Balaban J connectivity index is 1.48. The second-order valence-electron chi connectivity index (χ2n) is 7.93. The van der Waals surface area contributed by atoms with E-state index in [1.807, 2.05) is 63.2 Å². The summed E-state index contributed by atoms with van der Waals surface area (Å²) in [6.45, 7) is 8.37. The molecule has 2 aromatic heterocycles. The number of anilines is 1. The third-order valence-electron chi connectivity index (χ3n) is 5.63. The molecule has 0 saturated carbocycles. The SMILES string of the molecule is Cc1cccc(OCc2c(C(=O)Nc3cc(C)n(Cc4ccccc4Cl)n3)noc2C)c1C. The van der Waals surface area contributed by atoms with Gasteiger partial charge in [-0.05, 0) is 56.5 Å². The van der Waals surface area contributed by atoms with Crippen molar-refractivity contribution in [2.45, 2.75) is 40.8 Å². The van der Waals surface area contributed by atoms with Crippen LogP contribution < -0.4 is 10.1 Å². The number of hydrogen-bond donors (Lipinski definition) is 1. The molecule has 4 aromatic rings. The smallest absolute Gasteiger partial charge is 0.279 e. The van der Waals surface area contributed by atoms with Crippen molar-refractivity contribution in [2.24, 2.45) is 0 Å². The predicted octanol–water partition coefficient (Wildman–Crippen LogP) is 5.64. The molecular formula is C25H25ClN4O3. The van der Waals surface area contributed by atoms with Crippen LogP contribution in [0.2, 0.25) is 5.02 Å². The molecule has 2 aromatic carbocycles. The lowest BCUT2D eigenvalue weighted by atomic mass is 10.1. The van der Waals surface area contributed by atoms with Crippen LogP contribution in [0.1, 0.15) is 44.2 Å². The van der Waals surface area contributed by atoms with Crippen molar-refractivity contribution >= 4 is 23.3 Å². The van der Waals surface area contributed by atoms with Crippen LogP contribution in [0.3, 0.4) is 0 Å². The number of amides is 1. The lowest BCUT2D eigenvalue weighted by molar-refractivity contribution is 0.101. The number of benzene rings is 2. The number of hydrogen-bond acceptors (Lipinski definition) is 5. The van der Waals surface area contributed by atoms with Crippen LogP contribution in [0.25, 0.3) is 0 Å². The van der Waals surface area contributed by atoms with Crippen molar-refractivity contribution < 1.29 is 14.1 Å². The van der Waals surface area contributed by atoms with E-state index in [0.717, 1.165) is 28.1 Å². The van der Waals surface area contributed by atoms with Crippen LogP contribution in [0, 0.1) is 27.7 Å². The molecule has 0 fully saturated rings. The van der Waals surface area contributed by atoms with Gasteiger partial charge in [0.05, 0.1) is 12.1 Å². The van der Waals surface area contributed by atoms with E-state index in [4.69, 9.17) is 20.9 Å². The van der Waals surface area contributed by atoms with Gasteiger partial charge in [-0.25, -0.2) is 0 Å². The molecule has 170 valence electrons. The fraction of sp³-hybridized carbons (Fsp3) is 0.240. The molecule has 0 aliphatic rings. The van der Waals surface area contributed by atoms with E-state index in [1.165, 1.54) is 0 Å². The number of ether oxygens (including phenoxy) is 1. The molecule has 0 aliphatic heterocycles. The largest absolute Gasteiger partial charge is 0.488 e. The minimum absolute atomic E-state index is 0.169. The molecule has 33 heavy (non-hydrogen) atoms. The van der Waals surface area contributed by atoms with Crippen molar-refractivity contribution in [1.82, 2.24) is 14.9 Å². The highest BCUT2D eigenvalue weighted by Gasteiger charge is 2.22. The summed E-state index contributed by atoms with van der Waals surface area (Å²) in [5.41, 5.74) is 4.80. The zero-order valence-electron chi connectivity index (χ0n) is 19.0. The molecule has 0 atom stereocenters. The van der Waals surface area contributed by atoms with E-state index in [2.05, 4.69) is 15.6 Å². The summed E-state index contributed by atoms with van der Waals surface area (Å²) in [5.74, 6) is 1.31. The highest BCUT2D eigenvalue weighted by atomic mass is 35.5. The van der Waals surface area contributed by atoms with Gasteiger partial charge in [0.25, 0.3) is 5.91 Å². The Morgan fingerprint density at radius 2 is 1.91 bits per heavy atom. The summed E-state index contributed by atoms with van der Waals surface area (Å²) in [7, 11) is 0. The van der Waals surface area contributed by atoms with E-state index in [1.54, 1.807) is 17.7 Å². The first-order chi connectivity index (χ1) is 15.8. The number of nitrogens with zero attached hydrogens (tertiary/aromatic N) is 3. The summed E-state index contributed by atoms with van der Waals surface area (Å²) >= 11 is 6.27. The minimum Gasteiger partial charge on any atom is -0.488 e. The van der Waals surface area contributed by atoms with Gasteiger partial charge in [-0.2, -0.15) is 5.10 Å². The van der Waals surface area contributed by atoms with Crippen LogP contribution in [-0.4, -0.2) is 20.8 Å². The fourth-order valence-corrected chi connectivity index (χ4v) is 3.66. The van der Waals surface area contributed by atoms with E-state index in [0.29, 0.717) is 28.7 Å². The number of halogens is 1. The monoisotopic (exact) mass is 464 g/mol.